The number of aromatic hydroxyl groups is 1. The Morgan fingerprint density at radius 3 is 2.45 bits per heavy atom. The van der Waals surface area contributed by atoms with Crippen LogP contribution >= 0.6 is 11.6 Å². The number of anilines is 2. The molecule has 2 atom stereocenters. The van der Waals surface area contributed by atoms with Gasteiger partial charge in [-0.3, -0.25) is 0 Å². The molecular formula is C29H30ClFN6O. The van der Waals surface area contributed by atoms with E-state index in [1.165, 1.54) is 0 Å². The summed E-state index contributed by atoms with van der Waals surface area (Å²) in [7, 11) is 4.14. The zero-order valence-corrected chi connectivity index (χ0v) is 22.2. The highest BCUT2D eigenvalue weighted by molar-refractivity contribution is 6.35. The first-order valence-electron chi connectivity index (χ1n) is 13.2. The van der Waals surface area contributed by atoms with Crippen molar-refractivity contribution in [3.8, 4) is 16.9 Å². The Labute approximate surface area is 225 Å². The van der Waals surface area contributed by atoms with Crippen LogP contribution in [0.5, 0.6) is 5.75 Å². The van der Waals surface area contributed by atoms with E-state index in [4.69, 9.17) is 21.6 Å². The van der Waals surface area contributed by atoms with Gasteiger partial charge in [0.2, 0.25) is 5.95 Å². The van der Waals surface area contributed by atoms with E-state index >= 15 is 4.39 Å². The van der Waals surface area contributed by atoms with Gasteiger partial charge in [0.25, 0.3) is 0 Å². The molecule has 38 heavy (non-hydrogen) atoms. The molecule has 2 N–H and O–H groups in total. The average Bonchev–Trinajstić information content (AvgIpc) is 3.45. The Morgan fingerprint density at radius 2 is 1.71 bits per heavy atom. The van der Waals surface area contributed by atoms with Gasteiger partial charge in [-0.05, 0) is 60.5 Å². The van der Waals surface area contributed by atoms with Crippen molar-refractivity contribution in [2.24, 2.45) is 11.8 Å². The second-order valence-corrected chi connectivity index (χ2v) is 11.5. The summed E-state index contributed by atoms with van der Waals surface area (Å²) in [6, 6.07) is 13.1. The molecule has 0 saturated carbocycles. The van der Waals surface area contributed by atoms with Crippen LogP contribution in [0, 0.1) is 17.7 Å². The van der Waals surface area contributed by atoms with Crippen LogP contribution in [-0.4, -0.2) is 79.4 Å². The lowest BCUT2D eigenvalue weighted by Gasteiger charge is -2.43. The third-order valence-corrected chi connectivity index (χ3v) is 8.83. The number of benzene rings is 3. The van der Waals surface area contributed by atoms with E-state index in [0.717, 1.165) is 55.9 Å². The second-order valence-electron chi connectivity index (χ2n) is 11.1. The topological polar surface area (TPSA) is 67.8 Å². The normalized spacial score (nSPS) is 21.6. The fraction of sp³-hybridized carbons (Fsp3) is 0.379. The van der Waals surface area contributed by atoms with Gasteiger partial charge < -0.3 is 25.1 Å². The first kappa shape index (κ1) is 23.9. The van der Waals surface area contributed by atoms with Gasteiger partial charge in [-0.15, -0.1) is 0 Å². The van der Waals surface area contributed by atoms with Gasteiger partial charge in [0.15, 0.2) is 5.82 Å². The molecule has 9 heteroatoms. The number of nitrogens with one attached hydrogen (secondary N) is 1. The summed E-state index contributed by atoms with van der Waals surface area (Å²) in [5.41, 5.74) is 1.06. The highest BCUT2D eigenvalue weighted by atomic mass is 35.5. The number of halogens is 2. The molecule has 3 aliphatic heterocycles. The van der Waals surface area contributed by atoms with Crippen LogP contribution in [0.1, 0.15) is 0 Å². The molecule has 4 aromatic rings. The number of aromatic nitrogens is 2. The first-order chi connectivity index (χ1) is 18.4. The number of hydrogen-bond donors (Lipinski definition) is 2. The summed E-state index contributed by atoms with van der Waals surface area (Å²) in [5, 5.41) is 16.5. The third-order valence-electron chi connectivity index (χ3n) is 8.53. The van der Waals surface area contributed by atoms with Crippen molar-refractivity contribution in [3.63, 3.8) is 0 Å². The van der Waals surface area contributed by atoms with E-state index in [9.17, 15) is 5.11 Å². The fourth-order valence-electron chi connectivity index (χ4n) is 6.27. The molecule has 0 radical (unpaired) electrons. The lowest BCUT2D eigenvalue weighted by molar-refractivity contribution is 0.245. The standard InChI is InChI=1S/C29H30ClFN6O/c1-35(2)19-14-37(15-19)29-33-27-23(28(34-29)36-12-17-10-32-11-18(17)13-36)9-24(30)25(26(27)31)22-8-20(38)7-16-5-3-4-6-21(16)22/h3-9,17-19,32,38H,10-15H2,1-2H3. The van der Waals surface area contributed by atoms with Crippen LogP contribution < -0.4 is 15.1 Å². The highest BCUT2D eigenvalue weighted by Crippen LogP contribution is 2.43. The van der Waals surface area contributed by atoms with Crippen molar-refractivity contribution in [1.82, 2.24) is 20.2 Å². The predicted octanol–water partition coefficient (Wildman–Crippen LogP) is 4.35. The number of hydrogen-bond acceptors (Lipinski definition) is 7. The predicted molar refractivity (Wildman–Crippen MR) is 151 cm³/mol. The number of phenolic OH excluding ortho intramolecular Hbond substituents is 1. The van der Waals surface area contributed by atoms with Crippen molar-refractivity contribution in [2.75, 3.05) is 63.2 Å². The quantitative estimate of drug-likeness (QED) is 0.405. The Bertz CT molecular complexity index is 1560. The van der Waals surface area contributed by atoms with Crippen LogP contribution in [-0.2, 0) is 0 Å². The molecule has 0 amide bonds. The van der Waals surface area contributed by atoms with E-state index < -0.39 is 5.82 Å². The number of phenols is 1. The van der Waals surface area contributed by atoms with Gasteiger partial charge in [0.1, 0.15) is 17.1 Å². The van der Waals surface area contributed by atoms with E-state index in [0.29, 0.717) is 34.8 Å². The molecule has 3 aromatic carbocycles. The zero-order valence-electron chi connectivity index (χ0n) is 21.5. The molecule has 0 aliphatic carbocycles. The van der Waals surface area contributed by atoms with Gasteiger partial charge in [0, 0.05) is 56.3 Å². The SMILES string of the molecule is CN(C)C1CN(c2nc(N3CC4CNCC4C3)c3cc(Cl)c(-c4cc(O)cc5ccccc45)c(F)c3n2)C1. The van der Waals surface area contributed by atoms with Crippen molar-refractivity contribution in [1.29, 1.82) is 0 Å². The first-order valence-corrected chi connectivity index (χ1v) is 13.5. The molecule has 3 aliphatic rings. The summed E-state index contributed by atoms with van der Waals surface area (Å²) in [5.74, 6) is 1.99. The molecule has 196 valence electrons. The number of likely N-dealkylation sites (N-methyl/N-ethyl adjacent to an activating group) is 1. The molecule has 0 spiro atoms. The van der Waals surface area contributed by atoms with Crippen molar-refractivity contribution in [3.05, 3.63) is 53.3 Å². The van der Waals surface area contributed by atoms with Crippen LogP contribution in [0.15, 0.2) is 42.5 Å². The molecular weight excluding hydrogens is 503 g/mol. The number of rotatable bonds is 4. The molecule has 1 aromatic heterocycles. The third kappa shape index (κ3) is 3.77. The summed E-state index contributed by atoms with van der Waals surface area (Å²) >= 11 is 6.84. The monoisotopic (exact) mass is 532 g/mol. The molecule has 3 fully saturated rings. The lowest BCUT2D eigenvalue weighted by atomic mass is 9.96. The average molecular weight is 533 g/mol. The lowest BCUT2D eigenvalue weighted by Crippen LogP contribution is -2.58. The Morgan fingerprint density at radius 1 is 0.974 bits per heavy atom. The second kappa shape index (κ2) is 8.93. The maximum Gasteiger partial charge on any atom is 0.228 e. The highest BCUT2D eigenvalue weighted by Gasteiger charge is 2.38. The largest absolute Gasteiger partial charge is 0.508 e. The summed E-state index contributed by atoms with van der Waals surface area (Å²) in [6.45, 7) is 5.34. The van der Waals surface area contributed by atoms with E-state index in [-0.39, 0.29) is 21.9 Å². The smallest absolute Gasteiger partial charge is 0.228 e. The maximum absolute atomic E-state index is 16.6. The Kier molecular flexibility index (Phi) is 5.61. The minimum absolute atomic E-state index is 0.0610. The summed E-state index contributed by atoms with van der Waals surface area (Å²) < 4.78 is 16.6. The molecule has 0 bridgehead atoms. The maximum atomic E-state index is 16.6. The van der Waals surface area contributed by atoms with Crippen molar-refractivity contribution >= 4 is 45.0 Å². The van der Waals surface area contributed by atoms with E-state index in [2.05, 4.69) is 34.1 Å². The van der Waals surface area contributed by atoms with Gasteiger partial charge in [-0.25, -0.2) is 9.37 Å². The Hall–Kier alpha value is -3.20. The van der Waals surface area contributed by atoms with Gasteiger partial charge in [-0.2, -0.15) is 4.98 Å². The summed E-state index contributed by atoms with van der Waals surface area (Å²) in [4.78, 5) is 16.4. The van der Waals surface area contributed by atoms with Gasteiger partial charge >= 0.3 is 0 Å². The fourth-order valence-corrected chi connectivity index (χ4v) is 6.57. The van der Waals surface area contributed by atoms with Crippen molar-refractivity contribution < 1.29 is 9.50 Å². The minimum Gasteiger partial charge on any atom is -0.508 e. The zero-order chi connectivity index (χ0) is 26.1. The summed E-state index contributed by atoms with van der Waals surface area (Å²) in [6.07, 6.45) is 0. The molecule has 2 unspecified atom stereocenters. The Balaban J connectivity index is 1.42. The number of nitrogens with zero attached hydrogens (tertiary/aromatic N) is 5. The van der Waals surface area contributed by atoms with Gasteiger partial charge in [-0.1, -0.05) is 35.9 Å². The minimum atomic E-state index is -0.487. The number of fused-ring (bicyclic) bond motifs is 3. The van der Waals surface area contributed by atoms with E-state index in [1.807, 2.05) is 24.3 Å². The molecule has 7 rings (SSSR count). The van der Waals surface area contributed by atoms with E-state index in [1.54, 1.807) is 18.2 Å². The van der Waals surface area contributed by atoms with Crippen molar-refractivity contribution in [2.45, 2.75) is 6.04 Å². The molecule has 7 nitrogen and oxygen atoms in total. The van der Waals surface area contributed by atoms with Gasteiger partial charge in [0.05, 0.1) is 5.02 Å². The molecule has 3 saturated heterocycles. The van der Waals surface area contributed by atoms with Crippen LogP contribution in [0.4, 0.5) is 16.2 Å². The molecule has 4 heterocycles. The van der Waals surface area contributed by atoms with Crippen LogP contribution in [0.2, 0.25) is 5.02 Å². The van der Waals surface area contributed by atoms with Crippen LogP contribution in [0.3, 0.4) is 0 Å². The van der Waals surface area contributed by atoms with Crippen LogP contribution in [0.25, 0.3) is 32.8 Å².